The van der Waals surface area contributed by atoms with E-state index in [9.17, 15) is 18.0 Å². The number of nitrogens with one attached hydrogen (secondary N) is 2. The van der Waals surface area contributed by atoms with Gasteiger partial charge in [-0.2, -0.15) is 0 Å². The zero-order valence-electron chi connectivity index (χ0n) is 15.6. The van der Waals surface area contributed by atoms with E-state index in [0.717, 1.165) is 16.1 Å². The summed E-state index contributed by atoms with van der Waals surface area (Å²) in [5.41, 5.74) is 1.18. The zero-order chi connectivity index (χ0) is 20.5. The predicted octanol–water partition coefficient (Wildman–Crippen LogP) is 1.39. The number of fused-ring (bicyclic) bond motifs is 1. The third-order valence-corrected chi connectivity index (χ3v) is 6.85. The first-order chi connectivity index (χ1) is 13.2. The highest BCUT2D eigenvalue weighted by molar-refractivity contribution is 7.89. The van der Waals surface area contributed by atoms with Crippen LogP contribution in [0.3, 0.4) is 0 Å². The second-order valence-corrected chi connectivity index (χ2v) is 9.25. The Balaban J connectivity index is 1.64. The first kappa shape index (κ1) is 20.2. The summed E-state index contributed by atoms with van der Waals surface area (Å²) in [4.78, 5) is 30.7. The standard InChI is InChI=1S/C18H20N4O4S2/c1-11-4-6-14(7-5-11)28(25,26)21-9-8-19-16(23)15-10-20-18-22(17(15)24)12(2)13(3)27-18/h4-7,10,21H,8-9H2,1-3H3,(H,19,23). The molecular weight excluding hydrogens is 400 g/mol. The van der Waals surface area contributed by atoms with Crippen molar-refractivity contribution in [3.8, 4) is 0 Å². The lowest BCUT2D eigenvalue weighted by atomic mass is 10.2. The molecule has 2 heterocycles. The molecule has 0 spiro atoms. The van der Waals surface area contributed by atoms with Crippen LogP contribution in [-0.4, -0.2) is 36.8 Å². The first-order valence-corrected chi connectivity index (χ1v) is 10.8. The quantitative estimate of drug-likeness (QED) is 0.586. The number of amides is 1. The molecule has 0 aliphatic rings. The maximum Gasteiger partial charge on any atom is 0.271 e. The molecule has 0 saturated carbocycles. The Morgan fingerprint density at radius 1 is 1.14 bits per heavy atom. The maximum atomic E-state index is 12.6. The van der Waals surface area contributed by atoms with Gasteiger partial charge >= 0.3 is 0 Å². The number of aromatic nitrogens is 2. The number of sulfonamides is 1. The zero-order valence-corrected chi connectivity index (χ0v) is 17.3. The van der Waals surface area contributed by atoms with E-state index in [1.807, 2.05) is 13.8 Å². The average Bonchev–Trinajstić information content (AvgIpc) is 2.94. The highest BCUT2D eigenvalue weighted by Crippen LogP contribution is 2.18. The van der Waals surface area contributed by atoms with Crippen LogP contribution in [0.15, 0.2) is 40.2 Å². The smallest absolute Gasteiger partial charge is 0.271 e. The van der Waals surface area contributed by atoms with E-state index in [1.165, 1.54) is 34.1 Å². The van der Waals surface area contributed by atoms with Crippen molar-refractivity contribution in [2.75, 3.05) is 13.1 Å². The second-order valence-electron chi connectivity index (χ2n) is 6.31. The normalized spacial score (nSPS) is 11.7. The van der Waals surface area contributed by atoms with Gasteiger partial charge in [0.15, 0.2) is 4.96 Å². The van der Waals surface area contributed by atoms with Crippen molar-refractivity contribution in [3.63, 3.8) is 0 Å². The number of rotatable bonds is 6. The van der Waals surface area contributed by atoms with Crippen molar-refractivity contribution in [3.05, 3.63) is 62.5 Å². The molecule has 0 saturated heterocycles. The Morgan fingerprint density at radius 2 is 1.82 bits per heavy atom. The SMILES string of the molecule is Cc1ccc(S(=O)(=O)NCCNC(=O)c2cnc3sc(C)c(C)n3c2=O)cc1. The van der Waals surface area contributed by atoms with Crippen molar-refractivity contribution in [1.29, 1.82) is 0 Å². The van der Waals surface area contributed by atoms with Gasteiger partial charge in [-0.05, 0) is 32.9 Å². The molecule has 1 amide bonds. The van der Waals surface area contributed by atoms with Gasteiger partial charge < -0.3 is 5.32 Å². The van der Waals surface area contributed by atoms with Crippen LogP contribution >= 0.6 is 11.3 Å². The van der Waals surface area contributed by atoms with Gasteiger partial charge in [0.1, 0.15) is 5.56 Å². The Labute approximate surface area is 166 Å². The summed E-state index contributed by atoms with van der Waals surface area (Å²) in [5.74, 6) is -0.593. The molecule has 0 radical (unpaired) electrons. The molecule has 2 N–H and O–H groups in total. The predicted molar refractivity (Wildman–Crippen MR) is 108 cm³/mol. The molecule has 0 aliphatic carbocycles. The Hall–Kier alpha value is -2.56. The van der Waals surface area contributed by atoms with E-state index in [4.69, 9.17) is 0 Å². The number of nitrogens with zero attached hydrogens (tertiary/aromatic N) is 2. The van der Waals surface area contributed by atoms with Crippen LogP contribution in [-0.2, 0) is 10.0 Å². The average molecular weight is 421 g/mol. The third kappa shape index (κ3) is 3.98. The largest absolute Gasteiger partial charge is 0.350 e. The Morgan fingerprint density at radius 3 is 2.50 bits per heavy atom. The van der Waals surface area contributed by atoms with Crippen molar-refractivity contribution in [1.82, 2.24) is 19.4 Å². The van der Waals surface area contributed by atoms with E-state index in [-0.39, 0.29) is 23.5 Å². The van der Waals surface area contributed by atoms with Gasteiger partial charge in [0.25, 0.3) is 11.5 Å². The molecule has 10 heteroatoms. The number of aryl methyl sites for hydroxylation is 3. The molecule has 0 bridgehead atoms. The van der Waals surface area contributed by atoms with Gasteiger partial charge in [0, 0.05) is 29.9 Å². The van der Waals surface area contributed by atoms with Crippen LogP contribution in [0.2, 0.25) is 0 Å². The molecule has 148 valence electrons. The van der Waals surface area contributed by atoms with Gasteiger partial charge in [-0.1, -0.05) is 17.7 Å². The minimum Gasteiger partial charge on any atom is -0.350 e. The van der Waals surface area contributed by atoms with E-state index in [0.29, 0.717) is 4.96 Å². The lowest BCUT2D eigenvalue weighted by molar-refractivity contribution is 0.0952. The molecule has 0 atom stereocenters. The molecule has 3 aromatic rings. The first-order valence-electron chi connectivity index (χ1n) is 8.53. The molecule has 28 heavy (non-hydrogen) atoms. The monoisotopic (exact) mass is 420 g/mol. The summed E-state index contributed by atoms with van der Waals surface area (Å²) < 4.78 is 28.3. The number of benzene rings is 1. The molecule has 8 nitrogen and oxygen atoms in total. The Kier molecular flexibility index (Phi) is 5.64. The summed E-state index contributed by atoms with van der Waals surface area (Å²) in [6.45, 7) is 5.58. The molecule has 0 unspecified atom stereocenters. The van der Waals surface area contributed by atoms with Crippen LogP contribution in [0.4, 0.5) is 0 Å². The van der Waals surface area contributed by atoms with Crippen LogP contribution in [0.5, 0.6) is 0 Å². The third-order valence-electron chi connectivity index (χ3n) is 4.30. The summed E-state index contributed by atoms with van der Waals surface area (Å²) in [6, 6.07) is 6.45. The van der Waals surface area contributed by atoms with Crippen LogP contribution in [0.1, 0.15) is 26.5 Å². The van der Waals surface area contributed by atoms with Gasteiger partial charge in [0.05, 0.1) is 4.90 Å². The van der Waals surface area contributed by atoms with E-state index in [2.05, 4.69) is 15.0 Å². The minimum atomic E-state index is -3.66. The van der Waals surface area contributed by atoms with E-state index >= 15 is 0 Å². The molecule has 0 aliphatic heterocycles. The second kappa shape index (κ2) is 7.82. The Bertz CT molecular complexity index is 1190. The number of hydrogen-bond acceptors (Lipinski definition) is 6. The topological polar surface area (TPSA) is 110 Å². The lowest BCUT2D eigenvalue weighted by Gasteiger charge is -2.08. The van der Waals surface area contributed by atoms with Gasteiger partial charge in [-0.3, -0.25) is 14.0 Å². The van der Waals surface area contributed by atoms with Gasteiger partial charge in [0.2, 0.25) is 10.0 Å². The number of carbonyl (C=O) groups excluding carboxylic acids is 1. The lowest BCUT2D eigenvalue weighted by Crippen LogP contribution is -2.37. The van der Waals surface area contributed by atoms with Crippen LogP contribution in [0.25, 0.3) is 4.96 Å². The number of carbonyl (C=O) groups is 1. The molecule has 1 aromatic carbocycles. The highest BCUT2D eigenvalue weighted by Gasteiger charge is 2.17. The molecule has 3 rings (SSSR count). The molecular formula is C18H20N4O4S2. The minimum absolute atomic E-state index is 0.00442. The summed E-state index contributed by atoms with van der Waals surface area (Å²) in [6.07, 6.45) is 1.25. The summed E-state index contributed by atoms with van der Waals surface area (Å²) >= 11 is 1.38. The highest BCUT2D eigenvalue weighted by atomic mass is 32.2. The van der Waals surface area contributed by atoms with E-state index in [1.54, 1.807) is 19.1 Å². The van der Waals surface area contributed by atoms with Crippen molar-refractivity contribution in [2.24, 2.45) is 0 Å². The van der Waals surface area contributed by atoms with Crippen molar-refractivity contribution >= 4 is 32.2 Å². The fourth-order valence-electron chi connectivity index (χ4n) is 2.59. The van der Waals surface area contributed by atoms with Crippen molar-refractivity contribution in [2.45, 2.75) is 25.7 Å². The number of thiazole rings is 1. The summed E-state index contributed by atoms with van der Waals surface area (Å²) in [7, 11) is -3.66. The fraction of sp³-hybridized carbons (Fsp3) is 0.278. The van der Waals surface area contributed by atoms with Gasteiger partial charge in [-0.25, -0.2) is 18.1 Å². The van der Waals surface area contributed by atoms with Crippen LogP contribution in [0, 0.1) is 20.8 Å². The van der Waals surface area contributed by atoms with Crippen LogP contribution < -0.4 is 15.6 Å². The van der Waals surface area contributed by atoms with E-state index < -0.39 is 21.5 Å². The fourth-order valence-corrected chi connectivity index (χ4v) is 4.55. The summed E-state index contributed by atoms with van der Waals surface area (Å²) in [5, 5.41) is 2.55. The van der Waals surface area contributed by atoms with Crippen molar-refractivity contribution < 1.29 is 13.2 Å². The maximum absolute atomic E-state index is 12.6. The van der Waals surface area contributed by atoms with Gasteiger partial charge in [-0.15, -0.1) is 11.3 Å². The number of hydrogen-bond donors (Lipinski definition) is 2. The molecule has 2 aromatic heterocycles. The molecule has 0 fully saturated rings.